The molecule has 0 saturated carbocycles. The molecule has 2 N–H and O–H groups in total. The van der Waals surface area contributed by atoms with Crippen LogP contribution in [0, 0.1) is 6.92 Å². The summed E-state index contributed by atoms with van der Waals surface area (Å²) in [6.07, 6.45) is 0.758. The predicted octanol–water partition coefficient (Wildman–Crippen LogP) is 4.53. The summed E-state index contributed by atoms with van der Waals surface area (Å²) in [6, 6.07) is 26.6. The van der Waals surface area contributed by atoms with Gasteiger partial charge in [0.05, 0.1) is 17.0 Å². The summed E-state index contributed by atoms with van der Waals surface area (Å²) >= 11 is 0. The number of hydrogen-bond acceptors (Lipinski definition) is 5. The fraction of sp³-hybridized carbons (Fsp3) is 0.167. The number of hydrogen-bond donors (Lipinski definition) is 2. The summed E-state index contributed by atoms with van der Waals surface area (Å²) in [5.41, 5.74) is 3.42. The molecule has 0 spiro atoms. The molecule has 32 heavy (non-hydrogen) atoms. The van der Waals surface area contributed by atoms with E-state index in [1.165, 1.54) is 17.7 Å². The number of fused-ring (bicyclic) bond motifs is 1. The first kappa shape index (κ1) is 20.3. The van der Waals surface area contributed by atoms with Gasteiger partial charge < -0.3 is 5.32 Å². The molecule has 162 valence electrons. The van der Waals surface area contributed by atoms with Gasteiger partial charge in [-0.05, 0) is 36.6 Å². The Hall–Kier alpha value is -3.65. The van der Waals surface area contributed by atoms with Gasteiger partial charge in [0.1, 0.15) is 0 Å². The van der Waals surface area contributed by atoms with Crippen LogP contribution in [0.4, 0.5) is 11.9 Å². The van der Waals surface area contributed by atoms with Crippen LogP contribution in [-0.2, 0) is 10.0 Å². The molecule has 0 aliphatic carbocycles. The molecule has 7 nitrogen and oxygen atoms in total. The second kappa shape index (κ2) is 8.12. The first-order valence-electron chi connectivity index (χ1n) is 10.4. The Morgan fingerprint density at radius 3 is 2.25 bits per heavy atom. The molecule has 0 saturated heterocycles. The average Bonchev–Trinajstić information content (AvgIpc) is 3.22. The number of aromatic nitrogens is 3. The van der Waals surface area contributed by atoms with Crippen molar-refractivity contribution < 1.29 is 8.42 Å². The van der Waals surface area contributed by atoms with Gasteiger partial charge in [-0.25, -0.2) is 17.8 Å². The zero-order chi connectivity index (χ0) is 22.1. The molecule has 4 aromatic rings. The normalized spacial score (nSPS) is 17.9. The number of nitrogens with one attached hydrogen (secondary N) is 2. The Labute approximate surface area is 187 Å². The highest BCUT2D eigenvalue weighted by molar-refractivity contribution is 7.92. The maximum atomic E-state index is 12.8. The molecular weight excluding hydrogens is 422 g/mol. The molecule has 2 atom stereocenters. The van der Waals surface area contributed by atoms with Crippen LogP contribution in [0.15, 0.2) is 89.8 Å². The lowest BCUT2D eigenvalue weighted by Gasteiger charge is -2.31. The summed E-state index contributed by atoms with van der Waals surface area (Å²) in [6.45, 7) is 2.05. The number of rotatable bonds is 5. The molecule has 0 bridgehead atoms. The molecule has 8 heteroatoms. The quantitative estimate of drug-likeness (QED) is 0.471. The molecule has 5 rings (SSSR count). The van der Waals surface area contributed by atoms with Crippen molar-refractivity contribution >= 4 is 21.9 Å². The summed E-state index contributed by atoms with van der Waals surface area (Å²) in [4.78, 5) is 4.65. The second-order valence-corrected chi connectivity index (χ2v) is 9.57. The monoisotopic (exact) mass is 445 g/mol. The molecule has 0 radical (unpaired) electrons. The van der Waals surface area contributed by atoms with Gasteiger partial charge in [0, 0.05) is 0 Å². The highest BCUT2D eigenvalue weighted by Crippen LogP contribution is 2.38. The zero-order valence-electron chi connectivity index (χ0n) is 17.5. The van der Waals surface area contributed by atoms with E-state index in [4.69, 9.17) is 0 Å². The van der Waals surface area contributed by atoms with Gasteiger partial charge >= 0.3 is 0 Å². The van der Waals surface area contributed by atoms with Crippen molar-refractivity contribution in [2.75, 3.05) is 10.0 Å². The van der Waals surface area contributed by atoms with Gasteiger partial charge in [-0.15, -0.1) is 5.10 Å². The fourth-order valence-corrected chi connectivity index (χ4v) is 4.93. The smallest absolute Gasteiger partial charge is 0.264 e. The zero-order valence-corrected chi connectivity index (χ0v) is 18.3. The van der Waals surface area contributed by atoms with E-state index in [0.29, 0.717) is 5.95 Å². The minimum Gasteiger partial charge on any atom is -0.347 e. The standard InChI is InChI=1S/C24H23N5O2S/c1-17-12-14-19(15-13-17)22-16-21(18-8-4-2-5-9-18)25-24-26-23(27-29(22)24)28-32(30,31)20-10-6-3-7-11-20/h2-15,21-22H,16H2,1H3,(H2,25,26,27,28). The third kappa shape index (κ3) is 3.97. The third-order valence-electron chi connectivity index (χ3n) is 5.63. The van der Waals surface area contributed by atoms with Crippen LogP contribution in [0.5, 0.6) is 0 Å². The lowest BCUT2D eigenvalue weighted by Crippen LogP contribution is -2.28. The SMILES string of the molecule is Cc1ccc(C2CC(c3ccccc3)Nc3nc(NS(=O)(=O)c4ccccc4)nn32)cc1. The largest absolute Gasteiger partial charge is 0.347 e. The molecule has 0 amide bonds. The highest BCUT2D eigenvalue weighted by Gasteiger charge is 2.31. The van der Waals surface area contributed by atoms with Gasteiger partial charge in [-0.2, -0.15) is 4.98 Å². The Kier molecular flexibility index (Phi) is 5.14. The Bertz CT molecular complexity index is 1320. The fourth-order valence-electron chi connectivity index (χ4n) is 3.97. The lowest BCUT2D eigenvalue weighted by molar-refractivity contribution is 0.431. The third-order valence-corrected chi connectivity index (χ3v) is 6.98. The van der Waals surface area contributed by atoms with Crippen LogP contribution in [0.3, 0.4) is 0 Å². The van der Waals surface area contributed by atoms with Crippen LogP contribution >= 0.6 is 0 Å². The summed E-state index contributed by atoms with van der Waals surface area (Å²) in [5.74, 6) is 0.573. The van der Waals surface area contributed by atoms with Crippen LogP contribution < -0.4 is 10.0 Å². The predicted molar refractivity (Wildman–Crippen MR) is 124 cm³/mol. The van der Waals surface area contributed by atoms with Gasteiger partial charge in [0.25, 0.3) is 16.0 Å². The van der Waals surface area contributed by atoms with Gasteiger partial charge in [0.15, 0.2) is 0 Å². The maximum absolute atomic E-state index is 12.8. The van der Waals surface area contributed by atoms with Crippen molar-refractivity contribution in [1.82, 2.24) is 14.8 Å². The molecule has 1 aliphatic rings. The van der Waals surface area contributed by atoms with E-state index in [2.05, 4.69) is 63.4 Å². The highest BCUT2D eigenvalue weighted by atomic mass is 32.2. The first-order chi connectivity index (χ1) is 15.5. The summed E-state index contributed by atoms with van der Waals surface area (Å²) in [7, 11) is -3.78. The van der Waals surface area contributed by atoms with Crippen molar-refractivity contribution in [3.63, 3.8) is 0 Å². The van der Waals surface area contributed by atoms with Crippen molar-refractivity contribution in [1.29, 1.82) is 0 Å². The first-order valence-corrected chi connectivity index (χ1v) is 11.9. The number of benzene rings is 3. The molecular formula is C24H23N5O2S. The Morgan fingerprint density at radius 1 is 0.906 bits per heavy atom. The van der Waals surface area contributed by atoms with Gasteiger partial charge in [-0.1, -0.05) is 78.4 Å². The molecule has 2 heterocycles. The molecule has 1 aliphatic heterocycles. The van der Waals surface area contributed by atoms with E-state index in [1.54, 1.807) is 22.9 Å². The van der Waals surface area contributed by atoms with Crippen molar-refractivity contribution in [2.45, 2.75) is 30.3 Å². The second-order valence-electron chi connectivity index (χ2n) is 7.89. The van der Waals surface area contributed by atoms with Gasteiger partial charge in [0.2, 0.25) is 5.95 Å². The molecule has 1 aromatic heterocycles. The van der Waals surface area contributed by atoms with Crippen LogP contribution in [0.2, 0.25) is 0 Å². The minimum absolute atomic E-state index is 0.0257. The van der Waals surface area contributed by atoms with E-state index < -0.39 is 10.0 Å². The van der Waals surface area contributed by atoms with Crippen molar-refractivity contribution in [2.24, 2.45) is 0 Å². The summed E-state index contributed by atoms with van der Waals surface area (Å²) < 4.78 is 29.8. The van der Waals surface area contributed by atoms with Crippen LogP contribution in [0.1, 0.15) is 35.2 Å². The molecule has 2 unspecified atom stereocenters. The molecule has 0 fully saturated rings. The van der Waals surface area contributed by atoms with E-state index in [9.17, 15) is 8.42 Å². The molecule has 3 aromatic carbocycles. The Morgan fingerprint density at radius 2 is 1.56 bits per heavy atom. The van der Waals surface area contributed by atoms with E-state index >= 15 is 0 Å². The summed E-state index contributed by atoms with van der Waals surface area (Å²) in [5, 5.41) is 7.95. The van der Waals surface area contributed by atoms with E-state index in [-0.39, 0.29) is 22.9 Å². The van der Waals surface area contributed by atoms with E-state index in [0.717, 1.165) is 17.5 Å². The minimum atomic E-state index is -3.78. The lowest BCUT2D eigenvalue weighted by atomic mass is 9.93. The topological polar surface area (TPSA) is 88.9 Å². The maximum Gasteiger partial charge on any atom is 0.264 e. The van der Waals surface area contributed by atoms with Crippen molar-refractivity contribution in [3.05, 3.63) is 102 Å². The van der Waals surface area contributed by atoms with Crippen LogP contribution in [-0.4, -0.2) is 23.2 Å². The van der Waals surface area contributed by atoms with Crippen LogP contribution in [0.25, 0.3) is 0 Å². The number of aryl methyl sites for hydroxylation is 1. The number of nitrogens with zero attached hydrogens (tertiary/aromatic N) is 3. The van der Waals surface area contributed by atoms with Gasteiger partial charge in [-0.3, -0.25) is 0 Å². The van der Waals surface area contributed by atoms with E-state index in [1.807, 2.05) is 18.2 Å². The number of sulfonamides is 1. The number of anilines is 2. The average molecular weight is 446 g/mol. The van der Waals surface area contributed by atoms with Crippen molar-refractivity contribution in [3.8, 4) is 0 Å². The Balaban J connectivity index is 1.52.